The number of ether oxygens (including phenoxy) is 1. The molecule has 0 bridgehead atoms. The first-order chi connectivity index (χ1) is 16.8. The van der Waals surface area contributed by atoms with Gasteiger partial charge in [0.05, 0.1) is 17.6 Å². The maximum Gasteiger partial charge on any atom is 0.261 e. The molecule has 0 aliphatic heterocycles. The Morgan fingerprint density at radius 2 is 1.56 bits per heavy atom. The molecule has 0 aliphatic rings. The van der Waals surface area contributed by atoms with Crippen molar-refractivity contribution in [2.45, 2.75) is 51.0 Å². The van der Waals surface area contributed by atoms with E-state index in [2.05, 4.69) is 30.8 Å². The molecule has 190 valence electrons. The van der Waals surface area contributed by atoms with E-state index >= 15 is 0 Å². The summed E-state index contributed by atoms with van der Waals surface area (Å²) in [4.78, 5) is 25.5. The number of carbonyl (C=O) groups excluding carboxylic acids is 2. The molecule has 0 saturated heterocycles. The normalized spacial score (nSPS) is 11.8. The molecule has 0 aliphatic carbocycles. The summed E-state index contributed by atoms with van der Waals surface area (Å²) >= 11 is 0. The van der Waals surface area contributed by atoms with E-state index in [9.17, 15) is 18.0 Å². The van der Waals surface area contributed by atoms with Crippen LogP contribution in [0.4, 0.5) is 5.69 Å². The second-order valence-electron chi connectivity index (χ2n) is 9.83. The van der Waals surface area contributed by atoms with E-state index < -0.39 is 15.9 Å². The molecule has 0 saturated carbocycles. The lowest BCUT2D eigenvalue weighted by molar-refractivity contribution is 0.0939. The van der Waals surface area contributed by atoms with E-state index in [-0.39, 0.29) is 39.1 Å². The molecular weight excluding hydrogens is 476 g/mol. The van der Waals surface area contributed by atoms with Crippen LogP contribution in [0.1, 0.15) is 66.5 Å². The summed E-state index contributed by atoms with van der Waals surface area (Å²) in [6, 6.07) is 17.7. The number of methoxy groups -OCH3 is 1. The average Bonchev–Trinajstić information content (AvgIpc) is 2.82. The third-order valence-corrected chi connectivity index (χ3v) is 6.91. The Kier molecular flexibility index (Phi) is 7.89. The third kappa shape index (κ3) is 6.31. The van der Waals surface area contributed by atoms with E-state index in [0.29, 0.717) is 11.1 Å². The van der Waals surface area contributed by atoms with Gasteiger partial charge in [0.1, 0.15) is 5.75 Å². The largest absolute Gasteiger partial charge is 0.496 e. The standard InChI is InChI=1S/C28H32N2O5S/c1-18(2)29-27(32)24-17-23(14-15-25(24)35-6)36(33,34)30-22-9-7-8-20(16-22)26(31)19-10-12-21(13-11-19)28(3,4)5/h7-18,30H,1-6H3,(H,29,32). The van der Waals surface area contributed by atoms with E-state index in [4.69, 9.17) is 4.74 Å². The minimum absolute atomic E-state index is 0.0312. The van der Waals surface area contributed by atoms with E-state index in [1.54, 1.807) is 44.2 Å². The van der Waals surface area contributed by atoms with Crippen molar-refractivity contribution in [3.8, 4) is 5.75 Å². The first-order valence-electron chi connectivity index (χ1n) is 11.6. The zero-order chi connectivity index (χ0) is 26.7. The van der Waals surface area contributed by atoms with Crippen LogP contribution in [-0.4, -0.2) is 33.3 Å². The minimum Gasteiger partial charge on any atom is -0.496 e. The summed E-state index contributed by atoms with van der Waals surface area (Å²) in [5.41, 5.74) is 2.29. The van der Waals surface area contributed by atoms with Gasteiger partial charge in [0, 0.05) is 22.9 Å². The Bertz CT molecular complexity index is 1370. The topological polar surface area (TPSA) is 102 Å². The lowest BCUT2D eigenvalue weighted by Crippen LogP contribution is -2.30. The van der Waals surface area contributed by atoms with Gasteiger partial charge < -0.3 is 10.1 Å². The van der Waals surface area contributed by atoms with Crippen molar-refractivity contribution in [2.75, 3.05) is 11.8 Å². The van der Waals surface area contributed by atoms with Crippen LogP contribution < -0.4 is 14.8 Å². The number of hydrogen-bond donors (Lipinski definition) is 2. The molecule has 7 nitrogen and oxygen atoms in total. The number of rotatable bonds is 8. The smallest absolute Gasteiger partial charge is 0.261 e. The lowest BCUT2D eigenvalue weighted by atomic mass is 9.86. The van der Waals surface area contributed by atoms with Crippen LogP contribution in [0.25, 0.3) is 0 Å². The van der Waals surface area contributed by atoms with Gasteiger partial charge >= 0.3 is 0 Å². The fraction of sp³-hybridized carbons (Fsp3) is 0.286. The van der Waals surface area contributed by atoms with Crippen molar-refractivity contribution >= 4 is 27.4 Å². The maximum atomic E-state index is 13.1. The summed E-state index contributed by atoms with van der Waals surface area (Å²) in [5, 5.41) is 2.74. The first kappa shape index (κ1) is 26.9. The SMILES string of the molecule is COc1ccc(S(=O)(=O)Nc2cccc(C(=O)c3ccc(C(C)(C)C)cc3)c2)cc1C(=O)NC(C)C. The van der Waals surface area contributed by atoms with Gasteiger partial charge in [0.15, 0.2) is 5.78 Å². The molecule has 0 heterocycles. The Balaban J connectivity index is 1.87. The lowest BCUT2D eigenvalue weighted by Gasteiger charge is -2.19. The summed E-state index contributed by atoms with van der Waals surface area (Å²) in [5.74, 6) is -0.394. The molecule has 0 radical (unpaired) electrons. The van der Waals surface area contributed by atoms with Gasteiger partial charge in [0.2, 0.25) is 0 Å². The molecule has 3 aromatic carbocycles. The quantitative estimate of drug-likeness (QED) is 0.409. The molecule has 0 atom stereocenters. The van der Waals surface area contributed by atoms with E-state index in [1.165, 1.54) is 31.4 Å². The summed E-state index contributed by atoms with van der Waals surface area (Å²) in [6.07, 6.45) is 0. The van der Waals surface area contributed by atoms with Crippen molar-refractivity contribution in [1.82, 2.24) is 5.32 Å². The molecule has 3 rings (SSSR count). The predicted octanol–water partition coefficient (Wildman–Crippen LogP) is 5.16. The second-order valence-corrected chi connectivity index (χ2v) is 11.5. The molecule has 0 aromatic heterocycles. The number of hydrogen-bond acceptors (Lipinski definition) is 5. The highest BCUT2D eigenvalue weighted by molar-refractivity contribution is 7.92. The highest BCUT2D eigenvalue weighted by atomic mass is 32.2. The fourth-order valence-electron chi connectivity index (χ4n) is 3.60. The van der Waals surface area contributed by atoms with Crippen molar-refractivity contribution in [2.24, 2.45) is 0 Å². The highest BCUT2D eigenvalue weighted by Gasteiger charge is 2.21. The van der Waals surface area contributed by atoms with Gasteiger partial charge in [0.25, 0.3) is 15.9 Å². The molecule has 0 unspecified atom stereocenters. The van der Waals surface area contributed by atoms with Gasteiger partial charge in [-0.1, -0.05) is 57.2 Å². The first-order valence-corrected chi connectivity index (χ1v) is 13.1. The molecule has 2 N–H and O–H groups in total. The number of ketones is 1. The molecular formula is C28H32N2O5S. The van der Waals surface area contributed by atoms with E-state index in [1.807, 2.05) is 12.1 Å². The van der Waals surface area contributed by atoms with Gasteiger partial charge in [-0.2, -0.15) is 0 Å². The number of carbonyl (C=O) groups is 2. The summed E-state index contributed by atoms with van der Waals surface area (Å²) in [6.45, 7) is 9.91. The van der Waals surface area contributed by atoms with Crippen LogP contribution in [-0.2, 0) is 15.4 Å². The van der Waals surface area contributed by atoms with Gasteiger partial charge in [-0.05, 0) is 55.2 Å². The molecule has 0 spiro atoms. The Hall–Kier alpha value is -3.65. The predicted molar refractivity (Wildman–Crippen MR) is 141 cm³/mol. The van der Waals surface area contributed by atoms with E-state index in [0.717, 1.165) is 5.56 Å². The molecule has 36 heavy (non-hydrogen) atoms. The Labute approximate surface area is 212 Å². The number of anilines is 1. The van der Waals surface area contributed by atoms with Gasteiger partial charge in [-0.25, -0.2) is 8.42 Å². The Morgan fingerprint density at radius 1 is 0.889 bits per heavy atom. The summed E-state index contributed by atoms with van der Waals surface area (Å²) in [7, 11) is -2.64. The van der Waals surface area contributed by atoms with Gasteiger partial charge in [-0.3, -0.25) is 14.3 Å². The van der Waals surface area contributed by atoms with Crippen molar-refractivity contribution in [3.05, 3.63) is 89.0 Å². The molecule has 3 aromatic rings. The average molecular weight is 509 g/mol. The molecule has 8 heteroatoms. The second kappa shape index (κ2) is 10.5. The van der Waals surface area contributed by atoms with Crippen LogP contribution in [0.5, 0.6) is 5.75 Å². The zero-order valence-corrected chi connectivity index (χ0v) is 22.2. The van der Waals surface area contributed by atoms with Crippen LogP contribution in [0.2, 0.25) is 0 Å². The number of sulfonamides is 1. The zero-order valence-electron chi connectivity index (χ0n) is 21.4. The van der Waals surface area contributed by atoms with Crippen LogP contribution in [0.15, 0.2) is 71.6 Å². The molecule has 1 amide bonds. The Morgan fingerprint density at radius 3 is 2.14 bits per heavy atom. The monoisotopic (exact) mass is 508 g/mol. The highest BCUT2D eigenvalue weighted by Crippen LogP contribution is 2.26. The van der Waals surface area contributed by atoms with Crippen LogP contribution in [0.3, 0.4) is 0 Å². The van der Waals surface area contributed by atoms with Crippen LogP contribution >= 0.6 is 0 Å². The fourth-order valence-corrected chi connectivity index (χ4v) is 4.67. The van der Waals surface area contributed by atoms with Crippen molar-refractivity contribution < 1.29 is 22.7 Å². The molecule has 0 fully saturated rings. The maximum absolute atomic E-state index is 13.1. The van der Waals surface area contributed by atoms with Gasteiger partial charge in [-0.15, -0.1) is 0 Å². The number of nitrogens with one attached hydrogen (secondary N) is 2. The minimum atomic E-state index is -4.05. The van der Waals surface area contributed by atoms with Crippen molar-refractivity contribution in [1.29, 1.82) is 0 Å². The third-order valence-electron chi connectivity index (χ3n) is 5.54. The van der Waals surface area contributed by atoms with Crippen molar-refractivity contribution in [3.63, 3.8) is 0 Å². The summed E-state index contributed by atoms with van der Waals surface area (Å²) < 4.78 is 34.0. The number of amides is 1. The van der Waals surface area contributed by atoms with Crippen LogP contribution in [0, 0.1) is 0 Å². The number of benzene rings is 3.